The second kappa shape index (κ2) is 6.17. The van der Waals surface area contributed by atoms with E-state index in [1.54, 1.807) is 7.11 Å². The lowest BCUT2D eigenvalue weighted by Gasteiger charge is -2.23. The topological polar surface area (TPSA) is 39.1 Å². The Kier molecular flexibility index (Phi) is 4.56. The van der Waals surface area contributed by atoms with Crippen molar-refractivity contribution in [3.05, 3.63) is 30.0 Å². The Morgan fingerprint density at radius 2 is 2.11 bits per heavy atom. The molecule has 0 aliphatic rings. The summed E-state index contributed by atoms with van der Waals surface area (Å²) in [6.45, 7) is 5.15. The SMILES string of the molecule is CCNC(Cc1nn(C)c2ccccc12)C(C)OC. The van der Waals surface area contributed by atoms with Gasteiger partial charge in [0.15, 0.2) is 0 Å². The van der Waals surface area contributed by atoms with Gasteiger partial charge in [0, 0.05) is 32.0 Å². The van der Waals surface area contributed by atoms with Crippen molar-refractivity contribution in [1.82, 2.24) is 15.1 Å². The molecule has 0 fully saturated rings. The van der Waals surface area contributed by atoms with Crippen molar-refractivity contribution in [1.29, 1.82) is 0 Å². The Hall–Kier alpha value is -1.39. The minimum atomic E-state index is 0.167. The van der Waals surface area contributed by atoms with E-state index in [2.05, 4.69) is 42.5 Å². The first-order chi connectivity index (χ1) is 9.17. The molecule has 104 valence electrons. The number of fused-ring (bicyclic) bond motifs is 1. The Bertz CT molecular complexity index is 535. The molecule has 0 amide bonds. The number of hydrogen-bond acceptors (Lipinski definition) is 3. The Morgan fingerprint density at radius 3 is 2.79 bits per heavy atom. The zero-order valence-electron chi connectivity index (χ0n) is 12.2. The van der Waals surface area contributed by atoms with E-state index in [1.165, 1.54) is 10.9 Å². The van der Waals surface area contributed by atoms with Crippen LogP contribution in [0.25, 0.3) is 10.9 Å². The number of aromatic nitrogens is 2. The van der Waals surface area contributed by atoms with Crippen molar-refractivity contribution < 1.29 is 4.74 Å². The van der Waals surface area contributed by atoms with Gasteiger partial charge in [0.25, 0.3) is 0 Å². The quantitative estimate of drug-likeness (QED) is 0.866. The van der Waals surface area contributed by atoms with E-state index in [-0.39, 0.29) is 12.1 Å². The fourth-order valence-electron chi connectivity index (χ4n) is 2.48. The fourth-order valence-corrected chi connectivity index (χ4v) is 2.48. The lowest BCUT2D eigenvalue weighted by atomic mass is 10.0. The number of aryl methyl sites for hydroxylation is 1. The summed E-state index contributed by atoms with van der Waals surface area (Å²) in [5, 5.41) is 9.36. The standard InChI is InChI=1S/C15H23N3O/c1-5-16-13(11(2)19-4)10-14-12-8-6-7-9-15(12)18(3)17-14/h6-9,11,13,16H,5,10H2,1-4H3. The first-order valence-electron chi connectivity index (χ1n) is 6.84. The maximum Gasteiger partial charge on any atom is 0.0719 e. The molecular weight excluding hydrogens is 238 g/mol. The van der Waals surface area contributed by atoms with E-state index in [9.17, 15) is 0 Å². The predicted octanol–water partition coefficient (Wildman–Crippen LogP) is 2.13. The molecule has 0 saturated heterocycles. The summed E-state index contributed by atoms with van der Waals surface area (Å²) in [6, 6.07) is 8.64. The van der Waals surface area contributed by atoms with Gasteiger partial charge in [0.2, 0.25) is 0 Å². The normalized spacial score (nSPS) is 14.7. The zero-order valence-corrected chi connectivity index (χ0v) is 12.2. The molecule has 2 aromatic rings. The van der Waals surface area contributed by atoms with Crippen LogP contribution in [0.2, 0.25) is 0 Å². The smallest absolute Gasteiger partial charge is 0.0719 e. The fraction of sp³-hybridized carbons (Fsp3) is 0.533. The van der Waals surface area contributed by atoms with Gasteiger partial charge in [-0.25, -0.2) is 0 Å². The molecule has 2 unspecified atom stereocenters. The van der Waals surface area contributed by atoms with Gasteiger partial charge in [0.1, 0.15) is 0 Å². The van der Waals surface area contributed by atoms with E-state index in [0.29, 0.717) is 0 Å². The molecule has 0 saturated carbocycles. The van der Waals surface area contributed by atoms with Crippen LogP contribution in [0.15, 0.2) is 24.3 Å². The van der Waals surface area contributed by atoms with Crippen molar-refractivity contribution >= 4 is 10.9 Å². The maximum absolute atomic E-state index is 5.46. The van der Waals surface area contributed by atoms with E-state index < -0.39 is 0 Å². The molecule has 0 aliphatic carbocycles. The number of rotatable bonds is 6. The molecule has 1 heterocycles. The highest BCUT2D eigenvalue weighted by Gasteiger charge is 2.19. The second-order valence-corrected chi connectivity index (χ2v) is 4.90. The van der Waals surface area contributed by atoms with Gasteiger partial charge in [-0.2, -0.15) is 5.10 Å². The van der Waals surface area contributed by atoms with E-state index in [4.69, 9.17) is 4.74 Å². The summed E-state index contributed by atoms with van der Waals surface area (Å²) >= 11 is 0. The summed E-state index contributed by atoms with van der Waals surface area (Å²) in [5.41, 5.74) is 2.31. The average Bonchev–Trinajstić information content (AvgIpc) is 2.75. The zero-order chi connectivity index (χ0) is 13.8. The van der Waals surface area contributed by atoms with Crippen molar-refractivity contribution in [2.45, 2.75) is 32.4 Å². The van der Waals surface area contributed by atoms with Gasteiger partial charge in [-0.1, -0.05) is 25.1 Å². The third kappa shape index (κ3) is 2.96. The summed E-state index contributed by atoms with van der Waals surface area (Å²) in [4.78, 5) is 0. The van der Waals surface area contributed by atoms with E-state index in [1.807, 2.05) is 17.8 Å². The third-order valence-corrected chi connectivity index (χ3v) is 3.65. The van der Waals surface area contributed by atoms with Gasteiger partial charge < -0.3 is 10.1 Å². The van der Waals surface area contributed by atoms with E-state index >= 15 is 0 Å². The average molecular weight is 261 g/mol. The van der Waals surface area contributed by atoms with Crippen LogP contribution in [0.5, 0.6) is 0 Å². The van der Waals surface area contributed by atoms with Crippen LogP contribution in [0.3, 0.4) is 0 Å². The predicted molar refractivity (Wildman–Crippen MR) is 78.4 cm³/mol. The van der Waals surface area contributed by atoms with Gasteiger partial charge >= 0.3 is 0 Å². The summed E-state index contributed by atoms with van der Waals surface area (Å²) in [5.74, 6) is 0. The Labute approximate surface area is 114 Å². The maximum atomic E-state index is 5.46. The number of benzene rings is 1. The number of nitrogens with one attached hydrogen (secondary N) is 1. The minimum Gasteiger partial charge on any atom is -0.380 e. The molecule has 1 aromatic heterocycles. The number of nitrogens with zero attached hydrogens (tertiary/aromatic N) is 2. The highest BCUT2D eigenvalue weighted by Crippen LogP contribution is 2.19. The molecule has 0 spiro atoms. The van der Waals surface area contributed by atoms with Crippen LogP contribution in [0.4, 0.5) is 0 Å². The molecular formula is C15H23N3O. The van der Waals surface area contributed by atoms with Crippen LogP contribution in [0.1, 0.15) is 19.5 Å². The largest absolute Gasteiger partial charge is 0.380 e. The molecule has 0 aliphatic heterocycles. The van der Waals surface area contributed by atoms with Crippen LogP contribution in [-0.4, -0.2) is 35.6 Å². The summed E-state index contributed by atoms with van der Waals surface area (Å²) < 4.78 is 7.41. The summed E-state index contributed by atoms with van der Waals surface area (Å²) in [6.07, 6.45) is 1.05. The van der Waals surface area contributed by atoms with Crippen molar-refractivity contribution in [3.63, 3.8) is 0 Å². The molecule has 0 radical (unpaired) electrons. The molecule has 19 heavy (non-hydrogen) atoms. The number of likely N-dealkylation sites (N-methyl/N-ethyl adjacent to an activating group) is 1. The molecule has 1 aromatic carbocycles. The van der Waals surface area contributed by atoms with E-state index in [0.717, 1.165) is 18.7 Å². The van der Waals surface area contributed by atoms with Crippen molar-refractivity contribution in [3.8, 4) is 0 Å². The molecule has 0 bridgehead atoms. The van der Waals surface area contributed by atoms with Gasteiger partial charge in [-0.05, 0) is 19.5 Å². The highest BCUT2D eigenvalue weighted by atomic mass is 16.5. The van der Waals surface area contributed by atoms with Gasteiger partial charge in [0.05, 0.1) is 17.3 Å². The van der Waals surface area contributed by atoms with Crippen molar-refractivity contribution in [2.75, 3.05) is 13.7 Å². The molecule has 2 atom stereocenters. The Balaban J connectivity index is 2.28. The molecule has 4 heteroatoms. The van der Waals surface area contributed by atoms with Gasteiger partial charge in [-0.15, -0.1) is 0 Å². The number of hydrogen-bond donors (Lipinski definition) is 1. The monoisotopic (exact) mass is 261 g/mol. The first kappa shape index (κ1) is 14.0. The van der Waals surface area contributed by atoms with Crippen LogP contribution >= 0.6 is 0 Å². The number of ether oxygens (including phenoxy) is 1. The van der Waals surface area contributed by atoms with Crippen molar-refractivity contribution in [2.24, 2.45) is 7.05 Å². The molecule has 1 N–H and O–H groups in total. The van der Waals surface area contributed by atoms with Crippen LogP contribution in [0, 0.1) is 0 Å². The molecule has 2 rings (SSSR count). The highest BCUT2D eigenvalue weighted by molar-refractivity contribution is 5.81. The lowest BCUT2D eigenvalue weighted by Crippen LogP contribution is -2.41. The first-order valence-corrected chi connectivity index (χ1v) is 6.84. The summed E-state index contributed by atoms with van der Waals surface area (Å²) in [7, 11) is 3.75. The number of methoxy groups -OCH3 is 1. The second-order valence-electron chi connectivity index (χ2n) is 4.90. The third-order valence-electron chi connectivity index (χ3n) is 3.65. The van der Waals surface area contributed by atoms with Crippen LogP contribution in [-0.2, 0) is 18.2 Å². The minimum absolute atomic E-state index is 0.167. The molecule has 4 nitrogen and oxygen atoms in total. The Morgan fingerprint density at radius 1 is 1.37 bits per heavy atom. The number of para-hydroxylation sites is 1. The van der Waals surface area contributed by atoms with Gasteiger partial charge in [-0.3, -0.25) is 4.68 Å². The lowest BCUT2D eigenvalue weighted by molar-refractivity contribution is 0.0834. The van der Waals surface area contributed by atoms with Crippen LogP contribution < -0.4 is 5.32 Å².